The number of Topliss-reactive ketones (excluding diaryl/α,β-unsaturated/α-hetero) is 1. The molecule has 7 nitrogen and oxygen atoms in total. The minimum atomic E-state index is -0.845. The van der Waals surface area contributed by atoms with Crippen LogP contribution in [0.1, 0.15) is 40.0 Å². The monoisotopic (exact) mass is 361 g/mol. The van der Waals surface area contributed by atoms with E-state index in [0.717, 1.165) is 0 Å². The van der Waals surface area contributed by atoms with Crippen molar-refractivity contribution < 1.29 is 19.2 Å². The zero-order chi connectivity index (χ0) is 18.9. The van der Waals surface area contributed by atoms with Crippen molar-refractivity contribution in [2.45, 2.75) is 52.1 Å². The van der Waals surface area contributed by atoms with Gasteiger partial charge in [0.15, 0.2) is 5.78 Å². The van der Waals surface area contributed by atoms with Gasteiger partial charge in [-0.25, -0.2) is 0 Å². The highest BCUT2D eigenvalue weighted by molar-refractivity contribution is 6.28. The molecule has 0 radical (unpaired) electrons. The number of hydrogen-bond acceptors (Lipinski definition) is 4. The van der Waals surface area contributed by atoms with Crippen molar-refractivity contribution in [2.75, 3.05) is 20.0 Å². The molecule has 3 amide bonds. The lowest BCUT2D eigenvalue weighted by molar-refractivity contribution is -0.132. The van der Waals surface area contributed by atoms with E-state index in [1.54, 1.807) is 14.1 Å². The predicted octanol–water partition coefficient (Wildman–Crippen LogP) is 0.698. The van der Waals surface area contributed by atoms with Gasteiger partial charge in [0.25, 0.3) is 0 Å². The van der Waals surface area contributed by atoms with E-state index < -0.39 is 18.0 Å². The molecule has 0 saturated carbocycles. The largest absolute Gasteiger partial charge is 0.349 e. The van der Waals surface area contributed by atoms with Gasteiger partial charge in [-0.2, -0.15) is 0 Å². The van der Waals surface area contributed by atoms with Crippen LogP contribution in [0, 0.1) is 5.92 Å². The van der Waals surface area contributed by atoms with Crippen LogP contribution in [0.4, 0.5) is 0 Å². The smallest absolute Gasteiger partial charge is 0.243 e. The van der Waals surface area contributed by atoms with E-state index >= 15 is 0 Å². The summed E-state index contributed by atoms with van der Waals surface area (Å²) < 4.78 is 0. The third kappa shape index (κ3) is 8.86. The molecule has 2 N–H and O–H groups in total. The van der Waals surface area contributed by atoms with Crippen molar-refractivity contribution in [3.05, 3.63) is 0 Å². The third-order valence-electron chi connectivity index (χ3n) is 3.38. The second-order valence-corrected chi connectivity index (χ2v) is 6.64. The first-order valence-corrected chi connectivity index (χ1v) is 8.48. The van der Waals surface area contributed by atoms with E-state index in [1.807, 2.05) is 13.8 Å². The van der Waals surface area contributed by atoms with Crippen LogP contribution in [-0.4, -0.2) is 60.5 Å². The number of hydrogen-bond donors (Lipinski definition) is 2. The zero-order valence-corrected chi connectivity index (χ0v) is 15.8. The lowest BCUT2D eigenvalue weighted by Crippen LogP contribution is -2.52. The van der Waals surface area contributed by atoms with Crippen LogP contribution in [0.2, 0.25) is 0 Å². The topological polar surface area (TPSA) is 95.6 Å². The van der Waals surface area contributed by atoms with Gasteiger partial charge in [0.05, 0.1) is 11.9 Å². The SMILES string of the molecule is CC(=O)N[C@H](CC(C)C)C(=O)N[C@H](CCC(=O)N(C)C)C(=O)CCl. The highest BCUT2D eigenvalue weighted by Gasteiger charge is 2.26. The first kappa shape index (κ1) is 22.4. The molecule has 24 heavy (non-hydrogen) atoms. The number of nitrogens with zero attached hydrogens (tertiary/aromatic N) is 1. The molecule has 0 bridgehead atoms. The molecule has 0 aliphatic rings. The summed E-state index contributed by atoms with van der Waals surface area (Å²) in [6.07, 6.45) is 0.738. The van der Waals surface area contributed by atoms with Gasteiger partial charge >= 0.3 is 0 Å². The molecule has 0 aromatic carbocycles. The second kappa shape index (κ2) is 11.0. The number of carbonyl (C=O) groups excluding carboxylic acids is 4. The van der Waals surface area contributed by atoms with Gasteiger partial charge in [0.2, 0.25) is 17.7 Å². The Labute approximate surface area is 148 Å². The molecular formula is C16H28ClN3O4. The number of ketones is 1. The van der Waals surface area contributed by atoms with E-state index in [9.17, 15) is 19.2 Å². The van der Waals surface area contributed by atoms with Crippen LogP contribution in [0.5, 0.6) is 0 Å². The van der Waals surface area contributed by atoms with Gasteiger partial charge in [-0.05, 0) is 18.8 Å². The second-order valence-electron chi connectivity index (χ2n) is 6.37. The van der Waals surface area contributed by atoms with E-state index in [4.69, 9.17) is 11.6 Å². The van der Waals surface area contributed by atoms with Crippen molar-refractivity contribution in [3.63, 3.8) is 0 Å². The molecule has 0 fully saturated rings. The van der Waals surface area contributed by atoms with Gasteiger partial charge in [-0.15, -0.1) is 11.6 Å². The number of carbonyl (C=O) groups is 4. The lowest BCUT2D eigenvalue weighted by atomic mass is 10.0. The molecule has 8 heteroatoms. The lowest BCUT2D eigenvalue weighted by Gasteiger charge is -2.23. The van der Waals surface area contributed by atoms with E-state index in [-0.39, 0.29) is 42.2 Å². The van der Waals surface area contributed by atoms with Crippen LogP contribution in [0.15, 0.2) is 0 Å². The molecule has 2 atom stereocenters. The molecule has 0 aromatic rings. The number of rotatable bonds is 10. The quantitative estimate of drug-likeness (QED) is 0.560. The summed E-state index contributed by atoms with van der Waals surface area (Å²) in [7, 11) is 3.24. The summed E-state index contributed by atoms with van der Waals surface area (Å²) >= 11 is 5.59. The summed E-state index contributed by atoms with van der Waals surface area (Å²) in [6.45, 7) is 5.19. The molecule has 0 spiro atoms. The van der Waals surface area contributed by atoms with Crippen molar-refractivity contribution in [1.82, 2.24) is 15.5 Å². The Morgan fingerprint density at radius 1 is 1.04 bits per heavy atom. The molecule has 0 rings (SSSR count). The minimum Gasteiger partial charge on any atom is -0.349 e. The van der Waals surface area contributed by atoms with Crippen molar-refractivity contribution >= 4 is 35.1 Å². The van der Waals surface area contributed by atoms with Crippen LogP contribution in [-0.2, 0) is 19.2 Å². The van der Waals surface area contributed by atoms with Gasteiger partial charge in [0, 0.05) is 27.4 Å². The number of alkyl halides is 1. The fourth-order valence-corrected chi connectivity index (χ4v) is 2.31. The highest BCUT2D eigenvalue weighted by Crippen LogP contribution is 2.08. The number of halogens is 1. The normalized spacial score (nSPS) is 13.1. The van der Waals surface area contributed by atoms with Crippen molar-refractivity contribution in [2.24, 2.45) is 5.92 Å². The Morgan fingerprint density at radius 3 is 2.04 bits per heavy atom. The molecule has 0 aliphatic carbocycles. The van der Waals surface area contributed by atoms with Crippen LogP contribution in [0.3, 0.4) is 0 Å². The van der Waals surface area contributed by atoms with Crippen LogP contribution < -0.4 is 10.6 Å². The number of amides is 3. The van der Waals surface area contributed by atoms with Crippen LogP contribution in [0.25, 0.3) is 0 Å². The Hall–Kier alpha value is -1.63. The zero-order valence-electron chi connectivity index (χ0n) is 15.0. The molecule has 0 aliphatic heterocycles. The van der Waals surface area contributed by atoms with E-state index in [2.05, 4.69) is 10.6 Å². The Balaban J connectivity index is 4.95. The fraction of sp³-hybridized carbons (Fsp3) is 0.750. The Morgan fingerprint density at radius 2 is 1.62 bits per heavy atom. The van der Waals surface area contributed by atoms with Gasteiger partial charge in [-0.3, -0.25) is 19.2 Å². The van der Waals surface area contributed by atoms with Crippen molar-refractivity contribution in [1.29, 1.82) is 0 Å². The van der Waals surface area contributed by atoms with E-state index in [0.29, 0.717) is 6.42 Å². The summed E-state index contributed by atoms with van der Waals surface area (Å²) in [5.74, 6) is -1.33. The first-order valence-electron chi connectivity index (χ1n) is 7.94. The Bertz CT molecular complexity index is 466. The standard InChI is InChI=1S/C16H28ClN3O4/c1-10(2)8-13(18-11(3)21)16(24)19-12(14(22)9-17)6-7-15(23)20(4)5/h10,12-13H,6-9H2,1-5H3,(H,18,21)(H,19,24)/t12-,13-/m1/s1. The maximum Gasteiger partial charge on any atom is 0.243 e. The van der Waals surface area contributed by atoms with Gasteiger partial charge in [-0.1, -0.05) is 13.8 Å². The maximum absolute atomic E-state index is 12.4. The number of nitrogens with one attached hydrogen (secondary N) is 2. The molecule has 138 valence electrons. The minimum absolute atomic E-state index is 0.121. The van der Waals surface area contributed by atoms with Gasteiger partial charge < -0.3 is 15.5 Å². The summed E-state index contributed by atoms with van der Waals surface area (Å²) in [5, 5.41) is 5.20. The van der Waals surface area contributed by atoms with E-state index in [1.165, 1.54) is 11.8 Å². The third-order valence-corrected chi connectivity index (χ3v) is 3.65. The summed E-state index contributed by atoms with van der Waals surface area (Å²) in [6, 6.07) is -1.57. The van der Waals surface area contributed by atoms with Crippen molar-refractivity contribution in [3.8, 4) is 0 Å². The Kier molecular flexibility index (Phi) is 10.3. The first-order chi connectivity index (χ1) is 11.1. The molecular weight excluding hydrogens is 334 g/mol. The fourth-order valence-electron chi connectivity index (χ4n) is 2.12. The summed E-state index contributed by atoms with van der Waals surface area (Å²) in [4.78, 5) is 48.7. The molecule has 0 heterocycles. The summed E-state index contributed by atoms with van der Waals surface area (Å²) in [5.41, 5.74) is 0. The molecule has 0 aromatic heterocycles. The average molecular weight is 362 g/mol. The maximum atomic E-state index is 12.4. The average Bonchev–Trinajstić information content (AvgIpc) is 2.48. The highest BCUT2D eigenvalue weighted by atomic mass is 35.5. The molecule has 0 unspecified atom stereocenters. The van der Waals surface area contributed by atoms with Crippen LogP contribution >= 0.6 is 11.6 Å². The molecule has 0 saturated heterocycles. The van der Waals surface area contributed by atoms with Gasteiger partial charge in [0.1, 0.15) is 6.04 Å². The predicted molar refractivity (Wildman–Crippen MR) is 92.6 cm³/mol.